The summed E-state index contributed by atoms with van der Waals surface area (Å²) in [6.45, 7) is 6.04. The van der Waals surface area contributed by atoms with Crippen molar-refractivity contribution in [1.29, 1.82) is 0 Å². The molecule has 1 rings (SSSR count). The van der Waals surface area contributed by atoms with Crippen molar-refractivity contribution >= 4 is 11.8 Å². The summed E-state index contributed by atoms with van der Waals surface area (Å²) in [5, 5.41) is 5.63. The van der Waals surface area contributed by atoms with Gasteiger partial charge >= 0.3 is 0 Å². The van der Waals surface area contributed by atoms with E-state index in [2.05, 4.69) is 15.5 Å². The number of amides is 2. The van der Waals surface area contributed by atoms with Gasteiger partial charge in [-0.2, -0.15) is 0 Å². The summed E-state index contributed by atoms with van der Waals surface area (Å²) in [6.07, 6.45) is 2.44. The Labute approximate surface area is 115 Å². The number of likely N-dealkylation sites (tertiary alicyclic amines) is 1. The summed E-state index contributed by atoms with van der Waals surface area (Å²) < 4.78 is 0. The van der Waals surface area contributed by atoms with E-state index in [1.54, 1.807) is 0 Å². The first kappa shape index (κ1) is 15.9. The number of nitrogens with two attached hydrogens (primary N) is 1. The van der Waals surface area contributed by atoms with Crippen LogP contribution in [0.3, 0.4) is 0 Å². The lowest BCUT2D eigenvalue weighted by Gasteiger charge is -2.31. The normalized spacial score (nSPS) is 20.0. The van der Waals surface area contributed by atoms with Crippen LogP contribution in [-0.2, 0) is 9.59 Å². The third kappa shape index (κ3) is 6.02. The molecule has 1 aliphatic heterocycles. The molecular formula is C13H26N4O2. The van der Waals surface area contributed by atoms with Crippen molar-refractivity contribution in [2.24, 2.45) is 11.7 Å². The van der Waals surface area contributed by atoms with E-state index in [0.717, 1.165) is 32.5 Å². The molecule has 1 unspecified atom stereocenters. The molecule has 0 aromatic heterocycles. The third-order valence-electron chi connectivity index (χ3n) is 3.35. The van der Waals surface area contributed by atoms with Gasteiger partial charge in [-0.3, -0.25) is 9.59 Å². The summed E-state index contributed by atoms with van der Waals surface area (Å²) in [7, 11) is 0. The minimum absolute atomic E-state index is 0.0366. The molecule has 1 atom stereocenters. The Kier molecular flexibility index (Phi) is 7.43. The zero-order valence-corrected chi connectivity index (χ0v) is 11.8. The van der Waals surface area contributed by atoms with Crippen LogP contribution in [0.25, 0.3) is 0 Å². The Morgan fingerprint density at radius 1 is 1.37 bits per heavy atom. The Balaban J connectivity index is 2.29. The standard InChI is InChI=1S/C13H26N4O2/c1-2-15-12(18)5-9-17-8-3-4-11(10-17)13(19)16-7-6-14/h11H,2-10,14H2,1H3,(H,15,18)(H,16,19). The molecule has 19 heavy (non-hydrogen) atoms. The van der Waals surface area contributed by atoms with E-state index in [4.69, 9.17) is 5.73 Å². The molecule has 2 amide bonds. The predicted molar refractivity (Wildman–Crippen MR) is 74.5 cm³/mol. The van der Waals surface area contributed by atoms with Crippen LogP contribution in [0.2, 0.25) is 0 Å². The predicted octanol–water partition coefficient (Wildman–Crippen LogP) is -0.700. The lowest BCUT2D eigenvalue weighted by molar-refractivity contribution is -0.126. The summed E-state index contributed by atoms with van der Waals surface area (Å²) in [5.74, 6) is 0.208. The van der Waals surface area contributed by atoms with Crippen molar-refractivity contribution in [3.63, 3.8) is 0 Å². The highest BCUT2D eigenvalue weighted by atomic mass is 16.2. The number of carbonyl (C=O) groups excluding carboxylic acids is 2. The number of hydrogen-bond acceptors (Lipinski definition) is 4. The lowest BCUT2D eigenvalue weighted by atomic mass is 9.97. The van der Waals surface area contributed by atoms with Gasteiger partial charge in [0, 0.05) is 39.1 Å². The molecule has 6 nitrogen and oxygen atoms in total. The van der Waals surface area contributed by atoms with Crippen LogP contribution in [0.15, 0.2) is 0 Å². The molecule has 0 bridgehead atoms. The quantitative estimate of drug-likeness (QED) is 0.571. The van der Waals surface area contributed by atoms with Gasteiger partial charge in [0.25, 0.3) is 0 Å². The van der Waals surface area contributed by atoms with Gasteiger partial charge in [-0.1, -0.05) is 0 Å². The fraction of sp³-hybridized carbons (Fsp3) is 0.846. The zero-order valence-electron chi connectivity index (χ0n) is 11.8. The molecule has 6 heteroatoms. The van der Waals surface area contributed by atoms with E-state index in [1.807, 2.05) is 6.92 Å². The van der Waals surface area contributed by atoms with Gasteiger partial charge in [-0.05, 0) is 26.3 Å². The van der Waals surface area contributed by atoms with E-state index in [1.165, 1.54) is 0 Å². The van der Waals surface area contributed by atoms with Crippen molar-refractivity contribution in [3.05, 3.63) is 0 Å². The van der Waals surface area contributed by atoms with Gasteiger partial charge in [-0.15, -0.1) is 0 Å². The SMILES string of the molecule is CCNC(=O)CCN1CCCC(C(=O)NCCN)C1. The molecule has 0 aromatic rings. The monoisotopic (exact) mass is 270 g/mol. The minimum Gasteiger partial charge on any atom is -0.356 e. The Bertz CT molecular complexity index is 296. The maximum atomic E-state index is 11.9. The average Bonchev–Trinajstić information content (AvgIpc) is 2.43. The Morgan fingerprint density at radius 3 is 2.84 bits per heavy atom. The molecule has 1 saturated heterocycles. The second-order valence-electron chi connectivity index (χ2n) is 4.92. The highest BCUT2D eigenvalue weighted by Gasteiger charge is 2.25. The number of carbonyl (C=O) groups is 2. The maximum absolute atomic E-state index is 11.9. The van der Waals surface area contributed by atoms with E-state index in [9.17, 15) is 9.59 Å². The van der Waals surface area contributed by atoms with E-state index < -0.39 is 0 Å². The topological polar surface area (TPSA) is 87.5 Å². The van der Waals surface area contributed by atoms with Crippen LogP contribution < -0.4 is 16.4 Å². The zero-order chi connectivity index (χ0) is 14.1. The van der Waals surface area contributed by atoms with Crippen LogP contribution >= 0.6 is 0 Å². The fourth-order valence-electron chi connectivity index (χ4n) is 2.36. The number of piperidine rings is 1. The molecule has 0 saturated carbocycles. The van der Waals surface area contributed by atoms with Crippen LogP contribution in [0.4, 0.5) is 0 Å². The second kappa shape index (κ2) is 8.87. The van der Waals surface area contributed by atoms with Crippen LogP contribution in [0, 0.1) is 5.92 Å². The molecule has 0 radical (unpaired) electrons. The maximum Gasteiger partial charge on any atom is 0.224 e. The molecule has 110 valence electrons. The van der Waals surface area contributed by atoms with Gasteiger partial charge in [0.15, 0.2) is 0 Å². The summed E-state index contributed by atoms with van der Waals surface area (Å²) >= 11 is 0. The Morgan fingerprint density at radius 2 is 2.16 bits per heavy atom. The molecule has 1 fully saturated rings. The summed E-state index contributed by atoms with van der Waals surface area (Å²) in [6, 6.07) is 0. The molecule has 0 aliphatic carbocycles. The smallest absolute Gasteiger partial charge is 0.224 e. The largest absolute Gasteiger partial charge is 0.356 e. The molecule has 4 N–H and O–H groups in total. The van der Waals surface area contributed by atoms with Crippen molar-refractivity contribution < 1.29 is 9.59 Å². The van der Waals surface area contributed by atoms with Crippen LogP contribution in [0.1, 0.15) is 26.2 Å². The number of nitrogens with zero attached hydrogens (tertiary/aromatic N) is 1. The second-order valence-corrected chi connectivity index (χ2v) is 4.92. The number of hydrogen-bond donors (Lipinski definition) is 3. The Hall–Kier alpha value is -1.14. The first-order chi connectivity index (χ1) is 9.17. The third-order valence-corrected chi connectivity index (χ3v) is 3.35. The number of nitrogens with one attached hydrogen (secondary N) is 2. The summed E-state index contributed by atoms with van der Waals surface area (Å²) in [5.41, 5.74) is 5.37. The van der Waals surface area contributed by atoms with Crippen LogP contribution in [0.5, 0.6) is 0 Å². The highest BCUT2D eigenvalue weighted by molar-refractivity contribution is 5.79. The van der Waals surface area contributed by atoms with Gasteiger partial charge in [0.2, 0.25) is 11.8 Å². The molecular weight excluding hydrogens is 244 g/mol. The van der Waals surface area contributed by atoms with Gasteiger partial charge in [0.1, 0.15) is 0 Å². The van der Waals surface area contributed by atoms with Crippen molar-refractivity contribution in [3.8, 4) is 0 Å². The fourth-order valence-corrected chi connectivity index (χ4v) is 2.36. The lowest BCUT2D eigenvalue weighted by Crippen LogP contribution is -2.44. The minimum atomic E-state index is 0.0366. The molecule has 1 aliphatic rings. The summed E-state index contributed by atoms with van der Waals surface area (Å²) in [4.78, 5) is 25.5. The molecule has 0 spiro atoms. The van der Waals surface area contributed by atoms with Crippen molar-refractivity contribution in [2.75, 3.05) is 39.3 Å². The molecule has 1 heterocycles. The highest BCUT2D eigenvalue weighted by Crippen LogP contribution is 2.16. The van der Waals surface area contributed by atoms with E-state index in [-0.39, 0.29) is 17.7 Å². The number of rotatable bonds is 7. The first-order valence-electron chi connectivity index (χ1n) is 7.14. The van der Waals surface area contributed by atoms with Crippen molar-refractivity contribution in [1.82, 2.24) is 15.5 Å². The van der Waals surface area contributed by atoms with Crippen LogP contribution in [-0.4, -0.2) is 56.0 Å². The van der Waals surface area contributed by atoms with Gasteiger partial charge < -0.3 is 21.3 Å². The van der Waals surface area contributed by atoms with Gasteiger partial charge in [0.05, 0.1) is 5.92 Å². The average molecular weight is 270 g/mol. The first-order valence-corrected chi connectivity index (χ1v) is 7.14. The van der Waals surface area contributed by atoms with Gasteiger partial charge in [-0.25, -0.2) is 0 Å². The molecule has 0 aromatic carbocycles. The van der Waals surface area contributed by atoms with Crippen molar-refractivity contribution in [2.45, 2.75) is 26.2 Å². The van der Waals surface area contributed by atoms with E-state index in [0.29, 0.717) is 26.1 Å². The van der Waals surface area contributed by atoms with E-state index >= 15 is 0 Å².